The van der Waals surface area contributed by atoms with Gasteiger partial charge in [0, 0.05) is 13.0 Å². The first-order valence-corrected chi connectivity index (χ1v) is 15.9. The monoisotopic (exact) mass is 635 g/mol. The number of phenols is 1. The third-order valence-corrected chi connectivity index (χ3v) is 7.73. The van der Waals surface area contributed by atoms with E-state index in [-0.39, 0.29) is 18.7 Å². The number of hydrogen-bond donors (Lipinski definition) is 3. The highest BCUT2D eigenvalue weighted by Gasteiger charge is 2.37. The summed E-state index contributed by atoms with van der Waals surface area (Å²) in [6.45, 7) is 11.4. The molecule has 8 nitrogen and oxygen atoms in total. The summed E-state index contributed by atoms with van der Waals surface area (Å²) in [4.78, 5) is 43.6. The van der Waals surface area contributed by atoms with E-state index in [1.165, 1.54) is 12.1 Å². The van der Waals surface area contributed by atoms with Crippen LogP contribution in [0.1, 0.15) is 81.7 Å². The molecule has 242 valence electrons. The number of nitrogens with one attached hydrogen (secondary N) is 2. The Hall–Kier alpha value is -4.04. The van der Waals surface area contributed by atoms with Crippen LogP contribution in [0.5, 0.6) is 5.75 Å². The van der Waals surface area contributed by atoms with Gasteiger partial charge < -0.3 is 25.4 Å². The molecule has 3 N–H and O–H groups in total. The van der Waals surface area contributed by atoms with E-state index in [4.69, 9.17) is 16.3 Å². The summed E-state index contributed by atoms with van der Waals surface area (Å²) in [7, 11) is 0. The summed E-state index contributed by atoms with van der Waals surface area (Å²) in [5.41, 5.74) is 2.72. The smallest absolute Gasteiger partial charge is 0.408 e. The predicted octanol–water partition coefficient (Wildman–Crippen LogP) is 7.89. The van der Waals surface area contributed by atoms with Crippen molar-refractivity contribution in [3.8, 4) is 5.75 Å². The quantitative estimate of drug-likeness (QED) is 0.166. The van der Waals surface area contributed by atoms with Gasteiger partial charge >= 0.3 is 6.09 Å². The second kappa shape index (κ2) is 16.3. The Labute approximate surface area is 272 Å². The number of benzene rings is 3. The fraction of sp³-hybridized carbons (Fsp3) is 0.417. The summed E-state index contributed by atoms with van der Waals surface area (Å²) in [6.07, 6.45) is 2.90. The van der Waals surface area contributed by atoms with Crippen LogP contribution in [-0.2, 0) is 20.7 Å². The van der Waals surface area contributed by atoms with Gasteiger partial charge in [-0.1, -0.05) is 86.3 Å². The van der Waals surface area contributed by atoms with Crippen LogP contribution >= 0.6 is 11.6 Å². The number of carbonyl (C=O) groups excluding carboxylic acids is 3. The van der Waals surface area contributed by atoms with E-state index < -0.39 is 35.6 Å². The molecule has 3 aromatic rings. The SMILES string of the molecule is CCCCCCN(C(=O)C(Cc1ccc(O)cc1)NC(=O)OC(C)(C)C)C(C(=O)Nc1c(C)cccc1Cl)c1ccccc1C. The Morgan fingerprint density at radius 1 is 0.911 bits per heavy atom. The van der Waals surface area contributed by atoms with Gasteiger partial charge in [0.25, 0.3) is 5.91 Å². The fourth-order valence-corrected chi connectivity index (χ4v) is 5.39. The number of alkyl carbamates (subject to hydrolysis) is 1. The van der Waals surface area contributed by atoms with Gasteiger partial charge in [0.1, 0.15) is 23.4 Å². The molecule has 0 radical (unpaired) electrons. The van der Waals surface area contributed by atoms with Gasteiger partial charge in [-0.05, 0) is 81.5 Å². The van der Waals surface area contributed by atoms with Crippen molar-refractivity contribution in [3.63, 3.8) is 0 Å². The summed E-state index contributed by atoms with van der Waals surface area (Å²) in [5.74, 6) is -0.750. The second-order valence-electron chi connectivity index (χ2n) is 12.3. The van der Waals surface area contributed by atoms with E-state index in [1.807, 2.05) is 50.2 Å². The van der Waals surface area contributed by atoms with Crippen molar-refractivity contribution < 1.29 is 24.2 Å². The minimum Gasteiger partial charge on any atom is -0.508 e. The van der Waals surface area contributed by atoms with Crippen molar-refractivity contribution in [1.29, 1.82) is 0 Å². The second-order valence-corrected chi connectivity index (χ2v) is 12.7. The van der Waals surface area contributed by atoms with Crippen LogP contribution in [0.4, 0.5) is 10.5 Å². The van der Waals surface area contributed by atoms with Gasteiger partial charge in [0.05, 0.1) is 10.7 Å². The molecule has 0 aliphatic carbocycles. The van der Waals surface area contributed by atoms with Crippen molar-refractivity contribution in [3.05, 3.63) is 94.0 Å². The molecule has 0 heterocycles. The van der Waals surface area contributed by atoms with Crippen LogP contribution in [0, 0.1) is 13.8 Å². The highest BCUT2D eigenvalue weighted by molar-refractivity contribution is 6.34. The summed E-state index contributed by atoms with van der Waals surface area (Å²) < 4.78 is 5.53. The highest BCUT2D eigenvalue weighted by atomic mass is 35.5. The summed E-state index contributed by atoms with van der Waals surface area (Å²) in [6, 6.07) is 17.2. The van der Waals surface area contributed by atoms with Gasteiger partial charge in [-0.3, -0.25) is 9.59 Å². The van der Waals surface area contributed by atoms with E-state index in [0.29, 0.717) is 22.7 Å². The van der Waals surface area contributed by atoms with E-state index in [0.717, 1.165) is 36.0 Å². The Kier molecular flexibility index (Phi) is 12.9. The highest BCUT2D eigenvalue weighted by Crippen LogP contribution is 2.31. The van der Waals surface area contributed by atoms with Gasteiger partial charge in [0.15, 0.2) is 0 Å². The molecule has 0 bridgehead atoms. The number of carbonyl (C=O) groups is 3. The number of nitrogens with zero attached hydrogens (tertiary/aromatic N) is 1. The van der Waals surface area contributed by atoms with Crippen molar-refractivity contribution in [2.24, 2.45) is 0 Å². The number of hydrogen-bond acceptors (Lipinski definition) is 5. The molecule has 0 aliphatic heterocycles. The molecular formula is C36H46ClN3O5. The number of anilines is 1. The number of ether oxygens (including phenoxy) is 1. The van der Waals surface area contributed by atoms with Gasteiger partial charge in [-0.2, -0.15) is 0 Å². The lowest BCUT2D eigenvalue weighted by atomic mass is 9.96. The van der Waals surface area contributed by atoms with Crippen molar-refractivity contribution >= 4 is 35.2 Å². The average molecular weight is 636 g/mol. The van der Waals surface area contributed by atoms with E-state index in [9.17, 15) is 19.5 Å². The van der Waals surface area contributed by atoms with Crippen LogP contribution in [0.2, 0.25) is 5.02 Å². The number of aryl methyl sites for hydroxylation is 2. The molecule has 0 fully saturated rings. The number of rotatable bonds is 13. The summed E-state index contributed by atoms with van der Waals surface area (Å²) in [5, 5.41) is 16.0. The van der Waals surface area contributed by atoms with E-state index in [1.54, 1.807) is 43.9 Å². The van der Waals surface area contributed by atoms with Crippen molar-refractivity contribution in [2.45, 2.75) is 91.3 Å². The molecular weight excluding hydrogens is 590 g/mol. The average Bonchev–Trinajstić information content (AvgIpc) is 2.97. The Balaban J connectivity index is 2.11. The molecule has 0 aromatic heterocycles. The predicted molar refractivity (Wildman–Crippen MR) is 180 cm³/mol. The molecule has 0 aliphatic rings. The lowest BCUT2D eigenvalue weighted by molar-refractivity contribution is -0.140. The van der Waals surface area contributed by atoms with Crippen LogP contribution < -0.4 is 10.6 Å². The van der Waals surface area contributed by atoms with Gasteiger partial charge in [-0.15, -0.1) is 0 Å². The van der Waals surface area contributed by atoms with Crippen LogP contribution in [0.15, 0.2) is 66.7 Å². The number of para-hydroxylation sites is 1. The zero-order valence-corrected chi connectivity index (χ0v) is 27.9. The first-order valence-electron chi connectivity index (χ1n) is 15.5. The zero-order valence-electron chi connectivity index (χ0n) is 27.2. The third kappa shape index (κ3) is 10.5. The van der Waals surface area contributed by atoms with Crippen molar-refractivity contribution in [2.75, 3.05) is 11.9 Å². The zero-order chi connectivity index (χ0) is 33.1. The number of phenolic OH excluding ortho intramolecular Hbond substituents is 1. The van der Waals surface area contributed by atoms with Gasteiger partial charge in [0.2, 0.25) is 5.91 Å². The molecule has 0 saturated carbocycles. The number of unbranched alkanes of at least 4 members (excludes halogenated alkanes) is 3. The maximum Gasteiger partial charge on any atom is 0.408 e. The molecule has 2 atom stereocenters. The molecule has 45 heavy (non-hydrogen) atoms. The third-order valence-electron chi connectivity index (χ3n) is 7.41. The lowest BCUT2D eigenvalue weighted by Gasteiger charge is -2.35. The van der Waals surface area contributed by atoms with Crippen molar-refractivity contribution in [1.82, 2.24) is 10.2 Å². The number of halogens is 1. The largest absolute Gasteiger partial charge is 0.508 e. The molecule has 3 rings (SSSR count). The molecule has 0 spiro atoms. The first kappa shape index (κ1) is 35.4. The Morgan fingerprint density at radius 3 is 2.20 bits per heavy atom. The van der Waals surface area contributed by atoms with Crippen LogP contribution in [-0.4, -0.2) is 46.1 Å². The lowest BCUT2D eigenvalue weighted by Crippen LogP contribution is -2.53. The normalized spacial score (nSPS) is 12.6. The van der Waals surface area contributed by atoms with Crippen LogP contribution in [0.25, 0.3) is 0 Å². The minimum atomic E-state index is -1.06. The molecule has 0 saturated heterocycles. The topological polar surface area (TPSA) is 108 Å². The number of aromatic hydroxyl groups is 1. The molecule has 2 unspecified atom stereocenters. The standard InChI is InChI=1S/C36H46ClN3O5/c1-7-8-9-12-22-40(34(43)30(38-35(44)45-36(4,5)6)23-26-18-20-27(41)21-19-26)32(28-16-11-10-14-24(28)2)33(42)39-31-25(3)15-13-17-29(31)37/h10-11,13-21,30,32,41H,7-9,12,22-23H2,1-6H3,(H,38,44)(H,39,42). The van der Waals surface area contributed by atoms with E-state index in [2.05, 4.69) is 17.6 Å². The molecule has 9 heteroatoms. The first-order chi connectivity index (χ1) is 21.3. The fourth-order valence-electron chi connectivity index (χ4n) is 5.12. The Morgan fingerprint density at radius 2 is 1.58 bits per heavy atom. The maximum absolute atomic E-state index is 14.7. The van der Waals surface area contributed by atoms with E-state index >= 15 is 0 Å². The molecule has 3 aromatic carbocycles. The molecule has 3 amide bonds. The minimum absolute atomic E-state index is 0.0884. The van der Waals surface area contributed by atoms with Gasteiger partial charge in [-0.25, -0.2) is 4.79 Å². The number of amides is 3. The summed E-state index contributed by atoms with van der Waals surface area (Å²) >= 11 is 6.50. The van der Waals surface area contributed by atoms with Crippen LogP contribution in [0.3, 0.4) is 0 Å². The maximum atomic E-state index is 14.7. The Bertz CT molecular complexity index is 1430.